The molecule has 1 amide bonds. The van der Waals surface area contributed by atoms with Crippen LogP contribution < -0.4 is 10.2 Å². The fourth-order valence-corrected chi connectivity index (χ4v) is 5.00. The molecule has 1 saturated heterocycles. The van der Waals surface area contributed by atoms with Crippen molar-refractivity contribution in [2.45, 2.75) is 31.3 Å². The molecule has 1 aromatic heterocycles. The van der Waals surface area contributed by atoms with Gasteiger partial charge in [0.2, 0.25) is 5.91 Å². The summed E-state index contributed by atoms with van der Waals surface area (Å²) in [7, 11) is 3.92. The van der Waals surface area contributed by atoms with Crippen molar-refractivity contribution in [2.24, 2.45) is 0 Å². The molecule has 2 heterocycles. The molecule has 1 aliphatic carbocycles. The first-order valence-electron chi connectivity index (χ1n) is 12.1. The number of benzene rings is 1. The first-order valence-corrected chi connectivity index (χ1v) is 12.5. The monoisotopic (exact) mass is 498 g/mol. The zero-order valence-electron chi connectivity index (χ0n) is 20.7. The van der Waals surface area contributed by atoms with E-state index in [1.807, 2.05) is 48.2 Å². The van der Waals surface area contributed by atoms with Crippen molar-refractivity contribution in [3.63, 3.8) is 0 Å². The number of amides is 1. The maximum absolute atomic E-state index is 13.7. The lowest BCUT2D eigenvalue weighted by molar-refractivity contribution is -0.133. The fraction of sp³-hybridized carbons (Fsp3) is 0.500. The highest BCUT2D eigenvalue weighted by Crippen LogP contribution is 2.42. The Balaban J connectivity index is 1.44. The second-order valence-corrected chi connectivity index (χ2v) is 10.1. The number of nitrogens with one attached hydrogen (secondary N) is 1. The third-order valence-electron chi connectivity index (χ3n) is 7.05. The molecule has 0 saturated carbocycles. The second-order valence-electron chi connectivity index (χ2n) is 9.66. The molecule has 1 aromatic carbocycles. The molecule has 2 aliphatic rings. The predicted molar refractivity (Wildman–Crippen MR) is 139 cm³/mol. The molecule has 2 aromatic rings. The molecule has 35 heavy (non-hydrogen) atoms. The Hall–Kier alpha value is -2.68. The fourth-order valence-electron chi connectivity index (χ4n) is 4.87. The number of carbonyl (C=O) groups excluding carboxylic acids is 1. The van der Waals surface area contributed by atoms with Crippen LogP contribution in [0.3, 0.4) is 0 Å². The Kier molecular flexibility index (Phi) is 7.94. The van der Waals surface area contributed by atoms with Gasteiger partial charge in [-0.1, -0.05) is 37.2 Å². The molecule has 0 unspecified atom stereocenters. The van der Waals surface area contributed by atoms with E-state index in [1.54, 1.807) is 0 Å². The van der Waals surface area contributed by atoms with Gasteiger partial charge in [-0.05, 0) is 30.0 Å². The van der Waals surface area contributed by atoms with Gasteiger partial charge in [-0.25, -0.2) is 9.97 Å². The molecule has 0 spiro atoms. The zero-order chi connectivity index (χ0) is 25.1. The average molecular weight is 499 g/mol. The summed E-state index contributed by atoms with van der Waals surface area (Å²) in [6.07, 6.45) is 1.69. The maximum Gasteiger partial charge on any atom is 0.231 e. The molecule has 4 rings (SSSR count). The van der Waals surface area contributed by atoms with E-state index in [2.05, 4.69) is 33.7 Å². The van der Waals surface area contributed by atoms with E-state index in [1.165, 1.54) is 6.33 Å². The maximum atomic E-state index is 13.7. The Morgan fingerprint density at radius 1 is 1.23 bits per heavy atom. The van der Waals surface area contributed by atoms with Crippen LogP contribution in [-0.2, 0) is 4.79 Å². The standard InChI is InChI=1S/C26H35ClN6O2/c1-17-13-22(34)24-23(17)25(30-16-29-24)32-9-11-33(12-10-32)26(35)21(15-28-14-18(2)31(3)4)19-5-7-20(27)8-6-19/h5-8,16-17,21-22,28,34H,2,9-15H2,1,3-4H3/t17-,21-,22-/m1/s1. The third kappa shape index (κ3) is 5.60. The minimum absolute atomic E-state index is 0.103. The minimum atomic E-state index is -0.527. The van der Waals surface area contributed by atoms with Crippen LogP contribution in [0, 0.1) is 0 Å². The van der Waals surface area contributed by atoms with Gasteiger partial charge in [0.1, 0.15) is 12.1 Å². The van der Waals surface area contributed by atoms with Crippen LogP contribution in [0.15, 0.2) is 42.9 Å². The van der Waals surface area contributed by atoms with Gasteiger partial charge in [0, 0.05) is 69.6 Å². The van der Waals surface area contributed by atoms with Crippen molar-refractivity contribution >= 4 is 23.3 Å². The quantitative estimate of drug-likeness (QED) is 0.579. The number of nitrogens with zero attached hydrogens (tertiary/aromatic N) is 5. The first kappa shape index (κ1) is 25.4. The second kappa shape index (κ2) is 10.9. The number of likely N-dealkylation sites (N-methyl/N-ethyl adjacent to an activating group) is 1. The molecule has 1 fully saturated rings. The number of anilines is 1. The average Bonchev–Trinajstić information content (AvgIpc) is 3.15. The van der Waals surface area contributed by atoms with Crippen LogP contribution in [0.2, 0.25) is 5.02 Å². The van der Waals surface area contributed by atoms with E-state index in [0.717, 1.165) is 28.3 Å². The summed E-state index contributed by atoms with van der Waals surface area (Å²) >= 11 is 6.10. The lowest BCUT2D eigenvalue weighted by atomic mass is 9.97. The van der Waals surface area contributed by atoms with E-state index in [9.17, 15) is 9.90 Å². The molecule has 3 atom stereocenters. The Morgan fingerprint density at radius 2 is 1.91 bits per heavy atom. The number of rotatable bonds is 8. The van der Waals surface area contributed by atoms with Gasteiger partial charge in [-0.2, -0.15) is 0 Å². The van der Waals surface area contributed by atoms with Gasteiger partial charge in [0.05, 0.1) is 17.7 Å². The molecule has 2 N–H and O–H groups in total. The molecule has 9 heteroatoms. The first-order chi connectivity index (χ1) is 16.8. The number of halogens is 1. The number of aliphatic hydroxyl groups excluding tert-OH is 1. The molecule has 1 aliphatic heterocycles. The van der Waals surface area contributed by atoms with E-state index in [-0.39, 0.29) is 17.7 Å². The lowest BCUT2D eigenvalue weighted by Crippen LogP contribution is -2.51. The topological polar surface area (TPSA) is 84.8 Å². The van der Waals surface area contributed by atoms with Gasteiger partial charge >= 0.3 is 0 Å². The lowest BCUT2D eigenvalue weighted by Gasteiger charge is -2.38. The molecule has 188 valence electrons. The SMILES string of the molecule is C=C(CNC[C@@H](C(=O)N1CCN(c2ncnc3c2[C@H](C)C[C@H]3O)CC1)c1ccc(Cl)cc1)N(C)C. The molecule has 8 nitrogen and oxygen atoms in total. The summed E-state index contributed by atoms with van der Waals surface area (Å²) in [6.45, 7) is 9.91. The van der Waals surface area contributed by atoms with E-state index < -0.39 is 6.10 Å². The van der Waals surface area contributed by atoms with Crippen LogP contribution in [0.4, 0.5) is 5.82 Å². The minimum Gasteiger partial charge on any atom is -0.387 e. The summed E-state index contributed by atoms with van der Waals surface area (Å²) in [4.78, 5) is 28.7. The highest BCUT2D eigenvalue weighted by molar-refractivity contribution is 6.30. The summed E-state index contributed by atoms with van der Waals surface area (Å²) in [5.74, 6) is 0.899. The van der Waals surface area contributed by atoms with Gasteiger partial charge in [-0.15, -0.1) is 0 Å². The van der Waals surface area contributed by atoms with Crippen molar-refractivity contribution in [2.75, 3.05) is 58.3 Å². The van der Waals surface area contributed by atoms with Crippen molar-refractivity contribution in [3.05, 3.63) is 64.7 Å². The van der Waals surface area contributed by atoms with Crippen LogP contribution in [-0.4, -0.2) is 84.1 Å². The molecular formula is C26H35ClN6O2. The van der Waals surface area contributed by atoms with Crippen molar-refractivity contribution < 1.29 is 9.90 Å². The van der Waals surface area contributed by atoms with Gasteiger partial charge in [0.25, 0.3) is 0 Å². The Labute approximate surface area is 212 Å². The smallest absolute Gasteiger partial charge is 0.231 e. The molecule has 0 radical (unpaired) electrons. The number of fused-ring (bicyclic) bond motifs is 1. The van der Waals surface area contributed by atoms with Crippen LogP contribution in [0.25, 0.3) is 0 Å². The highest BCUT2D eigenvalue weighted by Gasteiger charge is 2.35. The number of carbonyl (C=O) groups is 1. The Morgan fingerprint density at radius 3 is 2.57 bits per heavy atom. The summed E-state index contributed by atoms with van der Waals surface area (Å²) in [5.41, 5.74) is 3.69. The van der Waals surface area contributed by atoms with Gasteiger partial charge in [-0.3, -0.25) is 4.79 Å². The number of hydrogen-bond acceptors (Lipinski definition) is 7. The molecular weight excluding hydrogens is 464 g/mol. The normalized spacial score (nSPS) is 20.5. The number of aromatic nitrogens is 2. The number of piperazine rings is 1. The van der Waals surface area contributed by atoms with Crippen LogP contribution in [0.5, 0.6) is 0 Å². The third-order valence-corrected chi connectivity index (χ3v) is 7.30. The summed E-state index contributed by atoms with van der Waals surface area (Å²) in [6, 6.07) is 7.53. The van der Waals surface area contributed by atoms with E-state index in [0.29, 0.717) is 50.7 Å². The molecule has 0 bridgehead atoms. The van der Waals surface area contributed by atoms with Gasteiger partial charge < -0.3 is 25.1 Å². The summed E-state index contributed by atoms with van der Waals surface area (Å²) < 4.78 is 0. The van der Waals surface area contributed by atoms with Crippen molar-refractivity contribution in [1.82, 2.24) is 25.1 Å². The number of hydrogen-bond donors (Lipinski definition) is 2. The van der Waals surface area contributed by atoms with Crippen molar-refractivity contribution in [1.29, 1.82) is 0 Å². The predicted octanol–water partition coefficient (Wildman–Crippen LogP) is 2.77. The van der Waals surface area contributed by atoms with E-state index in [4.69, 9.17) is 11.6 Å². The van der Waals surface area contributed by atoms with Gasteiger partial charge in [0.15, 0.2) is 0 Å². The zero-order valence-corrected chi connectivity index (χ0v) is 21.5. The summed E-state index contributed by atoms with van der Waals surface area (Å²) in [5, 5.41) is 14.4. The van der Waals surface area contributed by atoms with Crippen LogP contribution >= 0.6 is 11.6 Å². The van der Waals surface area contributed by atoms with E-state index >= 15 is 0 Å². The highest BCUT2D eigenvalue weighted by atomic mass is 35.5. The largest absolute Gasteiger partial charge is 0.387 e. The Bertz CT molecular complexity index is 1050. The van der Waals surface area contributed by atoms with Crippen molar-refractivity contribution in [3.8, 4) is 0 Å². The van der Waals surface area contributed by atoms with Crippen LogP contribution in [0.1, 0.15) is 48.1 Å². The number of aliphatic hydroxyl groups is 1.